The summed E-state index contributed by atoms with van der Waals surface area (Å²) in [6.45, 7) is 0.477. The SMILES string of the molecule is C[C@@H]1O[C@@H](O[C@H]2[C@H](O)[C@H](O[C@H]3O[C@H](C(=O)O)[C@@H](O[C@H]4OCC[C@H](O)[C@H]4O)[C@H](O)[C@H]3O)[C@@H](O)O[C@@H]2CO)[C@H](O)[C@H](O)[C@H]1O. The van der Waals surface area contributed by atoms with Gasteiger partial charge in [-0.2, -0.15) is 0 Å². The molecule has 0 aromatic heterocycles. The van der Waals surface area contributed by atoms with Gasteiger partial charge in [0.1, 0.15) is 67.1 Å². The normalized spacial score (nSPS) is 52.2. The standard InChI is InChI=1S/C23H38O19/c1-5-8(26)10(28)12(30)22(37-5)39-15-7(4-24)38-20(35)17(14(15)32)41-23-13(31)11(29)16(18(42-23)19(33)34)40-21-9(27)6(25)2-3-36-21/h5-18,20-32,35H,2-4H2,1H3,(H,33,34)/t5-,6-,7+,8-,9+,10+,11+,12+,13+,14-,15+,16-,17-,18-,20-,21+,22-,23-/m0/s1. The molecule has 19 nitrogen and oxygen atoms in total. The van der Waals surface area contributed by atoms with Crippen LogP contribution in [-0.4, -0.2) is 186 Å². The van der Waals surface area contributed by atoms with Crippen molar-refractivity contribution in [3.63, 3.8) is 0 Å². The number of rotatable bonds is 8. The first kappa shape index (κ1) is 33.7. The minimum atomic E-state index is -2.08. The summed E-state index contributed by atoms with van der Waals surface area (Å²) in [5.74, 6) is -1.70. The Labute approximate surface area is 237 Å². The number of aliphatic carboxylic acids is 1. The Kier molecular flexibility index (Phi) is 11.1. The second-order valence-corrected chi connectivity index (χ2v) is 10.6. The Morgan fingerprint density at radius 1 is 0.690 bits per heavy atom. The van der Waals surface area contributed by atoms with Crippen LogP contribution in [0.4, 0.5) is 0 Å². The van der Waals surface area contributed by atoms with E-state index in [0.717, 1.165) is 0 Å². The molecule has 0 aromatic carbocycles. The van der Waals surface area contributed by atoms with E-state index in [-0.39, 0.29) is 13.0 Å². The van der Waals surface area contributed by atoms with Crippen LogP contribution < -0.4 is 0 Å². The maximum absolute atomic E-state index is 12.0. The Morgan fingerprint density at radius 2 is 1.29 bits per heavy atom. The third-order valence-electron chi connectivity index (χ3n) is 7.65. The van der Waals surface area contributed by atoms with E-state index in [2.05, 4.69) is 0 Å². The summed E-state index contributed by atoms with van der Waals surface area (Å²) in [6, 6.07) is 0. The highest BCUT2D eigenvalue weighted by Crippen LogP contribution is 2.33. The fourth-order valence-electron chi connectivity index (χ4n) is 5.14. The van der Waals surface area contributed by atoms with Crippen molar-refractivity contribution < 1.29 is 94.1 Å². The first-order chi connectivity index (χ1) is 19.8. The molecule has 0 aromatic rings. The molecule has 11 N–H and O–H groups in total. The van der Waals surface area contributed by atoms with Crippen molar-refractivity contribution in [2.45, 2.75) is 124 Å². The number of ether oxygens (including phenoxy) is 7. The van der Waals surface area contributed by atoms with Crippen LogP contribution in [0.5, 0.6) is 0 Å². The highest BCUT2D eigenvalue weighted by Gasteiger charge is 2.55. The second-order valence-electron chi connectivity index (χ2n) is 10.6. The van der Waals surface area contributed by atoms with Crippen LogP contribution in [0.15, 0.2) is 0 Å². The molecule has 0 aliphatic carbocycles. The van der Waals surface area contributed by atoms with Crippen molar-refractivity contribution in [3.05, 3.63) is 0 Å². The van der Waals surface area contributed by atoms with Gasteiger partial charge < -0.3 is 89.3 Å². The molecular weight excluding hydrogens is 580 g/mol. The lowest BCUT2D eigenvalue weighted by Gasteiger charge is -2.48. The van der Waals surface area contributed by atoms with E-state index in [4.69, 9.17) is 33.2 Å². The smallest absolute Gasteiger partial charge is 0.335 e. The molecule has 244 valence electrons. The molecule has 0 amide bonds. The van der Waals surface area contributed by atoms with E-state index in [0.29, 0.717) is 0 Å². The minimum absolute atomic E-state index is 0.0600. The zero-order valence-corrected chi connectivity index (χ0v) is 22.2. The molecule has 0 saturated carbocycles. The Hall–Kier alpha value is -1.21. The Balaban J connectivity index is 1.48. The van der Waals surface area contributed by atoms with Crippen molar-refractivity contribution in [2.24, 2.45) is 0 Å². The molecule has 4 fully saturated rings. The zero-order valence-electron chi connectivity index (χ0n) is 22.2. The molecule has 4 aliphatic heterocycles. The molecule has 0 spiro atoms. The van der Waals surface area contributed by atoms with Crippen LogP contribution in [0.1, 0.15) is 13.3 Å². The maximum atomic E-state index is 12.0. The van der Waals surface area contributed by atoms with Gasteiger partial charge in [0.05, 0.1) is 25.4 Å². The van der Waals surface area contributed by atoms with Crippen LogP contribution in [0.2, 0.25) is 0 Å². The number of hydrogen-bond acceptors (Lipinski definition) is 18. The van der Waals surface area contributed by atoms with Crippen molar-refractivity contribution in [3.8, 4) is 0 Å². The van der Waals surface area contributed by atoms with Crippen molar-refractivity contribution in [2.75, 3.05) is 13.2 Å². The minimum Gasteiger partial charge on any atom is -0.479 e. The fraction of sp³-hybridized carbons (Fsp3) is 0.957. The highest BCUT2D eigenvalue weighted by molar-refractivity contribution is 5.73. The Bertz CT molecular complexity index is 896. The predicted octanol–water partition coefficient (Wildman–Crippen LogP) is -6.96. The molecule has 42 heavy (non-hydrogen) atoms. The summed E-state index contributed by atoms with van der Waals surface area (Å²) in [6.07, 6.45) is -31.1. The monoisotopic (exact) mass is 618 g/mol. The summed E-state index contributed by atoms with van der Waals surface area (Å²) in [7, 11) is 0. The van der Waals surface area contributed by atoms with Crippen molar-refractivity contribution in [1.29, 1.82) is 0 Å². The number of aliphatic hydroxyl groups excluding tert-OH is 10. The van der Waals surface area contributed by atoms with Gasteiger partial charge in [-0.15, -0.1) is 0 Å². The van der Waals surface area contributed by atoms with Crippen LogP contribution in [0.3, 0.4) is 0 Å². The first-order valence-electron chi connectivity index (χ1n) is 13.3. The van der Waals surface area contributed by atoms with Gasteiger partial charge in [0, 0.05) is 0 Å². The van der Waals surface area contributed by atoms with E-state index < -0.39 is 123 Å². The van der Waals surface area contributed by atoms with Crippen molar-refractivity contribution >= 4 is 5.97 Å². The van der Waals surface area contributed by atoms with Gasteiger partial charge in [0.2, 0.25) is 0 Å². The fourth-order valence-corrected chi connectivity index (χ4v) is 5.14. The predicted molar refractivity (Wildman–Crippen MR) is 126 cm³/mol. The number of carbonyl (C=O) groups is 1. The molecule has 0 radical (unpaired) electrons. The average molecular weight is 619 g/mol. The molecular formula is C23H38O19. The quantitative estimate of drug-likeness (QED) is 0.120. The topological polar surface area (TPSA) is 304 Å². The van der Waals surface area contributed by atoms with Gasteiger partial charge >= 0.3 is 5.97 Å². The lowest BCUT2D eigenvalue weighted by atomic mass is 9.96. The number of carboxylic acids is 1. The van der Waals surface area contributed by atoms with E-state index in [9.17, 15) is 61.0 Å². The molecule has 0 bridgehead atoms. The molecule has 18 atom stereocenters. The van der Waals surface area contributed by atoms with E-state index in [1.54, 1.807) is 0 Å². The molecule has 0 unspecified atom stereocenters. The number of carboxylic acid groups (broad SMARTS) is 1. The summed E-state index contributed by atoms with van der Waals surface area (Å²) >= 11 is 0. The lowest BCUT2D eigenvalue weighted by Crippen LogP contribution is -2.67. The molecule has 4 heterocycles. The van der Waals surface area contributed by atoms with Gasteiger partial charge in [0.15, 0.2) is 31.3 Å². The number of aliphatic hydroxyl groups is 10. The lowest BCUT2D eigenvalue weighted by molar-refractivity contribution is -0.385. The zero-order chi connectivity index (χ0) is 31.0. The maximum Gasteiger partial charge on any atom is 0.335 e. The summed E-state index contributed by atoms with van der Waals surface area (Å²) in [5, 5.41) is 113. The third kappa shape index (κ3) is 6.72. The molecule has 4 saturated heterocycles. The molecule has 19 heteroatoms. The number of hydrogen-bond donors (Lipinski definition) is 11. The summed E-state index contributed by atoms with van der Waals surface area (Å²) < 4.78 is 37.4. The van der Waals surface area contributed by atoms with Crippen LogP contribution in [-0.2, 0) is 38.0 Å². The van der Waals surface area contributed by atoms with Gasteiger partial charge in [0.25, 0.3) is 0 Å². The largest absolute Gasteiger partial charge is 0.479 e. The van der Waals surface area contributed by atoms with E-state index in [1.807, 2.05) is 0 Å². The summed E-state index contributed by atoms with van der Waals surface area (Å²) in [5.41, 5.74) is 0. The molecule has 4 rings (SSSR count). The summed E-state index contributed by atoms with van der Waals surface area (Å²) in [4.78, 5) is 12.0. The third-order valence-corrected chi connectivity index (χ3v) is 7.65. The van der Waals surface area contributed by atoms with Gasteiger partial charge in [-0.05, 0) is 13.3 Å². The first-order valence-corrected chi connectivity index (χ1v) is 13.3. The second kappa shape index (κ2) is 13.8. The van der Waals surface area contributed by atoms with Gasteiger partial charge in [-0.1, -0.05) is 0 Å². The highest BCUT2D eigenvalue weighted by atomic mass is 16.8. The van der Waals surface area contributed by atoms with E-state index in [1.165, 1.54) is 6.92 Å². The average Bonchev–Trinajstić information content (AvgIpc) is 2.95. The van der Waals surface area contributed by atoms with Gasteiger partial charge in [-0.25, -0.2) is 4.79 Å². The molecule has 4 aliphatic rings. The van der Waals surface area contributed by atoms with E-state index >= 15 is 0 Å². The van der Waals surface area contributed by atoms with Gasteiger partial charge in [-0.3, -0.25) is 0 Å². The Morgan fingerprint density at radius 3 is 1.93 bits per heavy atom. The van der Waals surface area contributed by atoms with Crippen LogP contribution in [0.25, 0.3) is 0 Å². The van der Waals surface area contributed by atoms with Crippen LogP contribution in [0, 0.1) is 0 Å². The van der Waals surface area contributed by atoms with Crippen LogP contribution >= 0.6 is 0 Å². The van der Waals surface area contributed by atoms with Crippen molar-refractivity contribution in [1.82, 2.24) is 0 Å².